The number of rotatable bonds is 2. The smallest absolute Gasteiger partial charge is 0.324 e. The Balaban J connectivity index is 3.09. The fourth-order valence-corrected chi connectivity index (χ4v) is 2.28. The molecule has 0 spiro atoms. The SMILES string of the molecule is CC(N)c1nc2c(c(=O)n(C)c(=O)n2C(C)C)n1C. The van der Waals surface area contributed by atoms with Gasteiger partial charge in [0.05, 0.1) is 6.04 Å². The van der Waals surface area contributed by atoms with Gasteiger partial charge >= 0.3 is 5.69 Å². The predicted molar refractivity (Wildman–Crippen MR) is 73.2 cm³/mol. The van der Waals surface area contributed by atoms with E-state index in [1.807, 2.05) is 13.8 Å². The molecule has 2 heterocycles. The molecule has 0 bridgehead atoms. The molecule has 7 heteroatoms. The Labute approximate surface area is 110 Å². The number of hydrogen-bond donors (Lipinski definition) is 1. The van der Waals surface area contributed by atoms with Gasteiger partial charge < -0.3 is 10.3 Å². The van der Waals surface area contributed by atoms with E-state index in [1.165, 1.54) is 11.6 Å². The number of imidazole rings is 1. The summed E-state index contributed by atoms with van der Waals surface area (Å²) in [5, 5.41) is 0. The second kappa shape index (κ2) is 4.34. The van der Waals surface area contributed by atoms with Crippen LogP contribution in [0.1, 0.15) is 38.7 Å². The zero-order valence-corrected chi connectivity index (χ0v) is 11.8. The normalized spacial score (nSPS) is 13.4. The Bertz CT molecular complexity index is 748. The number of nitrogens with two attached hydrogens (primary N) is 1. The van der Waals surface area contributed by atoms with E-state index in [0.29, 0.717) is 17.0 Å². The molecule has 0 aromatic carbocycles. The molecule has 19 heavy (non-hydrogen) atoms. The van der Waals surface area contributed by atoms with E-state index in [4.69, 9.17) is 5.73 Å². The van der Waals surface area contributed by atoms with E-state index in [-0.39, 0.29) is 23.3 Å². The first kappa shape index (κ1) is 13.5. The van der Waals surface area contributed by atoms with Crippen LogP contribution in [0.15, 0.2) is 9.59 Å². The van der Waals surface area contributed by atoms with Gasteiger partial charge in [0.15, 0.2) is 11.2 Å². The molecule has 0 aliphatic carbocycles. The third-order valence-electron chi connectivity index (χ3n) is 3.26. The van der Waals surface area contributed by atoms with E-state index in [9.17, 15) is 9.59 Å². The first-order valence-corrected chi connectivity index (χ1v) is 6.20. The number of fused-ring (bicyclic) bond motifs is 1. The Morgan fingerprint density at radius 3 is 2.16 bits per heavy atom. The van der Waals surface area contributed by atoms with Crippen LogP contribution in [0.2, 0.25) is 0 Å². The van der Waals surface area contributed by atoms with Crippen molar-refractivity contribution in [2.45, 2.75) is 32.9 Å². The summed E-state index contributed by atoms with van der Waals surface area (Å²) in [5.41, 5.74) is 5.95. The van der Waals surface area contributed by atoms with Crippen molar-refractivity contribution in [2.24, 2.45) is 19.8 Å². The predicted octanol–water partition coefficient (Wildman–Crippen LogP) is 0.0343. The molecule has 1 atom stereocenters. The van der Waals surface area contributed by atoms with Crippen LogP contribution in [-0.4, -0.2) is 18.7 Å². The maximum absolute atomic E-state index is 12.2. The lowest BCUT2D eigenvalue weighted by Crippen LogP contribution is -2.39. The largest absolute Gasteiger partial charge is 0.332 e. The summed E-state index contributed by atoms with van der Waals surface area (Å²) in [7, 11) is 3.21. The van der Waals surface area contributed by atoms with E-state index in [0.717, 1.165) is 4.57 Å². The minimum Gasteiger partial charge on any atom is -0.324 e. The highest BCUT2D eigenvalue weighted by Crippen LogP contribution is 2.16. The van der Waals surface area contributed by atoms with Crippen LogP contribution >= 0.6 is 0 Å². The molecule has 2 aromatic heterocycles. The van der Waals surface area contributed by atoms with Gasteiger partial charge in [-0.3, -0.25) is 13.9 Å². The van der Waals surface area contributed by atoms with Gasteiger partial charge in [-0.25, -0.2) is 9.78 Å². The summed E-state index contributed by atoms with van der Waals surface area (Å²) in [5.74, 6) is 0.590. The quantitative estimate of drug-likeness (QED) is 0.830. The van der Waals surface area contributed by atoms with Crippen molar-refractivity contribution in [1.82, 2.24) is 18.7 Å². The zero-order valence-electron chi connectivity index (χ0n) is 11.8. The van der Waals surface area contributed by atoms with Gasteiger partial charge in [0.2, 0.25) is 0 Å². The van der Waals surface area contributed by atoms with Gasteiger partial charge in [0.1, 0.15) is 5.82 Å². The van der Waals surface area contributed by atoms with Gasteiger partial charge in [-0.05, 0) is 20.8 Å². The molecule has 104 valence electrons. The third-order valence-corrected chi connectivity index (χ3v) is 3.26. The number of hydrogen-bond acceptors (Lipinski definition) is 4. The number of aryl methyl sites for hydroxylation is 1. The lowest BCUT2D eigenvalue weighted by Gasteiger charge is -2.11. The van der Waals surface area contributed by atoms with Crippen LogP contribution in [-0.2, 0) is 14.1 Å². The Hall–Kier alpha value is -1.89. The van der Waals surface area contributed by atoms with Gasteiger partial charge in [0, 0.05) is 20.1 Å². The van der Waals surface area contributed by atoms with E-state index >= 15 is 0 Å². The van der Waals surface area contributed by atoms with Crippen molar-refractivity contribution in [3.63, 3.8) is 0 Å². The summed E-state index contributed by atoms with van der Waals surface area (Å²) in [6.45, 7) is 5.56. The molecule has 0 saturated carbocycles. The molecule has 2 aromatic rings. The highest BCUT2D eigenvalue weighted by Gasteiger charge is 2.20. The van der Waals surface area contributed by atoms with Crippen molar-refractivity contribution in [1.29, 1.82) is 0 Å². The van der Waals surface area contributed by atoms with Crippen molar-refractivity contribution >= 4 is 11.2 Å². The van der Waals surface area contributed by atoms with Crippen LogP contribution in [0.4, 0.5) is 0 Å². The first-order chi connectivity index (χ1) is 8.77. The van der Waals surface area contributed by atoms with Crippen molar-refractivity contribution in [3.8, 4) is 0 Å². The standard InChI is InChI=1S/C12H19N5O2/c1-6(2)17-10-8(11(18)16(5)12(17)19)15(4)9(14-10)7(3)13/h6-7H,13H2,1-5H3. The molecule has 1 unspecified atom stereocenters. The molecule has 7 nitrogen and oxygen atoms in total. The molecule has 0 aliphatic heterocycles. The molecular weight excluding hydrogens is 246 g/mol. The zero-order chi connectivity index (χ0) is 14.5. The van der Waals surface area contributed by atoms with Crippen LogP contribution in [0, 0.1) is 0 Å². The number of nitrogens with zero attached hydrogens (tertiary/aromatic N) is 4. The molecule has 0 saturated heterocycles. The second-order valence-electron chi connectivity index (χ2n) is 5.10. The molecule has 0 fully saturated rings. The second-order valence-corrected chi connectivity index (χ2v) is 5.10. The van der Waals surface area contributed by atoms with Gasteiger partial charge in [-0.1, -0.05) is 0 Å². The summed E-state index contributed by atoms with van der Waals surface area (Å²) >= 11 is 0. The molecule has 0 aliphatic rings. The summed E-state index contributed by atoms with van der Waals surface area (Å²) < 4.78 is 4.29. The topological polar surface area (TPSA) is 87.8 Å². The molecule has 2 rings (SSSR count). The molecule has 2 N–H and O–H groups in total. The van der Waals surface area contributed by atoms with Crippen LogP contribution in [0.5, 0.6) is 0 Å². The fourth-order valence-electron chi connectivity index (χ4n) is 2.28. The average molecular weight is 265 g/mol. The average Bonchev–Trinajstić information content (AvgIpc) is 2.64. The van der Waals surface area contributed by atoms with Gasteiger partial charge in [-0.15, -0.1) is 0 Å². The first-order valence-electron chi connectivity index (χ1n) is 6.20. The highest BCUT2D eigenvalue weighted by molar-refractivity contribution is 5.71. The minimum atomic E-state index is -0.359. The maximum Gasteiger partial charge on any atom is 0.332 e. The molecule has 0 radical (unpaired) electrons. The van der Waals surface area contributed by atoms with Crippen LogP contribution < -0.4 is 17.0 Å². The Morgan fingerprint density at radius 2 is 1.68 bits per heavy atom. The fraction of sp³-hybridized carbons (Fsp3) is 0.583. The van der Waals surface area contributed by atoms with Crippen LogP contribution in [0.3, 0.4) is 0 Å². The Morgan fingerprint density at radius 1 is 1.11 bits per heavy atom. The molecule has 0 amide bonds. The number of aromatic nitrogens is 4. The summed E-state index contributed by atoms with van der Waals surface area (Å²) in [4.78, 5) is 28.8. The highest BCUT2D eigenvalue weighted by atomic mass is 16.2. The van der Waals surface area contributed by atoms with E-state index in [1.54, 1.807) is 18.5 Å². The van der Waals surface area contributed by atoms with Gasteiger partial charge in [-0.2, -0.15) is 0 Å². The summed E-state index contributed by atoms with van der Waals surface area (Å²) in [6.07, 6.45) is 0. The lowest BCUT2D eigenvalue weighted by atomic mass is 10.3. The molecular formula is C12H19N5O2. The van der Waals surface area contributed by atoms with Crippen molar-refractivity contribution in [2.75, 3.05) is 0 Å². The Kier molecular flexibility index (Phi) is 3.09. The van der Waals surface area contributed by atoms with E-state index in [2.05, 4.69) is 4.98 Å². The third kappa shape index (κ3) is 1.81. The monoisotopic (exact) mass is 265 g/mol. The van der Waals surface area contributed by atoms with Gasteiger partial charge in [0.25, 0.3) is 5.56 Å². The van der Waals surface area contributed by atoms with E-state index < -0.39 is 0 Å². The lowest BCUT2D eigenvalue weighted by molar-refractivity contribution is 0.551. The summed E-state index contributed by atoms with van der Waals surface area (Å²) in [6, 6.07) is -0.393. The maximum atomic E-state index is 12.2. The van der Waals surface area contributed by atoms with Crippen molar-refractivity contribution < 1.29 is 0 Å². The van der Waals surface area contributed by atoms with Crippen molar-refractivity contribution in [3.05, 3.63) is 26.7 Å². The van der Waals surface area contributed by atoms with Crippen LogP contribution in [0.25, 0.3) is 11.2 Å². The minimum absolute atomic E-state index is 0.0855.